The molecule has 0 aromatic carbocycles. The van der Waals surface area contributed by atoms with E-state index in [4.69, 9.17) is 0 Å². The van der Waals surface area contributed by atoms with E-state index in [2.05, 4.69) is 22.1 Å². The Morgan fingerprint density at radius 3 is 3.23 bits per heavy atom. The van der Waals surface area contributed by atoms with Gasteiger partial charge < -0.3 is 10.2 Å². The SMILES string of the molecule is CCCC1CCN(C2=NCCN2)C1. The average Bonchev–Trinajstić information content (AvgIpc) is 2.70. The van der Waals surface area contributed by atoms with Gasteiger partial charge in [0.15, 0.2) is 5.96 Å². The number of nitrogens with zero attached hydrogens (tertiary/aromatic N) is 2. The van der Waals surface area contributed by atoms with Crippen LogP contribution in [0.15, 0.2) is 4.99 Å². The van der Waals surface area contributed by atoms with Crippen LogP contribution in [0, 0.1) is 5.92 Å². The van der Waals surface area contributed by atoms with Crippen molar-refractivity contribution >= 4 is 5.96 Å². The number of nitrogens with one attached hydrogen (secondary N) is 1. The fraction of sp³-hybridized carbons (Fsp3) is 0.900. The topological polar surface area (TPSA) is 27.6 Å². The van der Waals surface area contributed by atoms with E-state index in [0.717, 1.165) is 25.0 Å². The lowest BCUT2D eigenvalue weighted by Crippen LogP contribution is -2.37. The second-order valence-electron chi connectivity index (χ2n) is 4.02. The van der Waals surface area contributed by atoms with E-state index in [1.165, 1.54) is 32.4 Å². The van der Waals surface area contributed by atoms with Crippen molar-refractivity contribution in [2.45, 2.75) is 26.2 Å². The number of hydrogen-bond donors (Lipinski definition) is 1. The van der Waals surface area contributed by atoms with E-state index in [1.54, 1.807) is 0 Å². The summed E-state index contributed by atoms with van der Waals surface area (Å²) in [5.74, 6) is 2.06. The van der Waals surface area contributed by atoms with Crippen LogP contribution in [0.25, 0.3) is 0 Å². The van der Waals surface area contributed by atoms with Crippen LogP contribution in [0.3, 0.4) is 0 Å². The summed E-state index contributed by atoms with van der Waals surface area (Å²) in [5.41, 5.74) is 0. The van der Waals surface area contributed by atoms with Gasteiger partial charge >= 0.3 is 0 Å². The molecule has 0 saturated carbocycles. The van der Waals surface area contributed by atoms with Gasteiger partial charge in [0.25, 0.3) is 0 Å². The van der Waals surface area contributed by atoms with Gasteiger partial charge in [0, 0.05) is 19.6 Å². The van der Waals surface area contributed by atoms with Crippen molar-refractivity contribution in [1.82, 2.24) is 10.2 Å². The Labute approximate surface area is 80.2 Å². The summed E-state index contributed by atoms with van der Waals surface area (Å²) in [6.45, 7) is 6.69. The summed E-state index contributed by atoms with van der Waals surface area (Å²) in [6.07, 6.45) is 4.05. The van der Waals surface area contributed by atoms with Crippen LogP contribution in [0.4, 0.5) is 0 Å². The van der Waals surface area contributed by atoms with Gasteiger partial charge in [0.1, 0.15) is 0 Å². The molecule has 1 N–H and O–H groups in total. The molecule has 3 heteroatoms. The van der Waals surface area contributed by atoms with Crippen molar-refractivity contribution in [2.24, 2.45) is 10.9 Å². The van der Waals surface area contributed by atoms with Gasteiger partial charge in [0.05, 0.1) is 6.54 Å². The minimum absolute atomic E-state index is 0.912. The molecule has 2 aliphatic heterocycles. The molecule has 0 spiro atoms. The molecule has 0 amide bonds. The second kappa shape index (κ2) is 3.99. The first-order valence-corrected chi connectivity index (χ1v) is 5.43. The third kappa shape index (κ3) is 1.95. The van der Waals surface area contributed by atoms with Gasteiger partial charge in [-0.25, -0.2) is 0 Å². The Kier molecular flexibility index (Phi) is 2.71. The molecule has 13 heavy (non-hydrogen) atoms. The van der Waals surface area contributed by atoms with Crippen molar-refractivity contribution in [3.05, 3.63) is 0 Å². The molecule has 2 aliphatic rings. The van der Waals surface area contributed by atoms with Crippen molar-refractivity contribution in [2.75, 3.05) is 26.2 Å². The second-order valence-corrected chi connectivity index (χ2v) is 4.02. The molecule has 0 aliphatic carbocycles. The number of rotatable bonds is 2. The van der Waals surface area contributed by atoms with E-state index >= 15 is 0 Å². The molecule has 74 valence electrons. The summed E-state index contributed by atoms with van der Waals surface area (Å²) in [5, 5.41) is 3.34. The summed E-state index contributed by atoms with van der Waals surface area (Å²) in [6, 6.07) is 0. The summed E-state index contributed by atoms with van der Waals surface area (Å²) in [7, 11) is 0. The van der Waals surface area contributed by atoms with E-state index < -0.39 is 0 Å². The molecule has 1 fully saturated rings. The highest BCUT2D eigenvalue weighted by atomic mass is 15.3. The maximum atomic E-state index is 4.44. The van der Waals surface area contributed by atoms with Crippen LogP contribution in [-0.4, -0.2) is 37.0 Å². The largest absolute Gasteiger partial charge is 0.354 e. The first-order valence-electron chi connectivity index (χ1n) is 5.43. The van der Waals surface area contributed by atoms with Crippen molar-refractivity contribution < 1.29 is 0 Å². The lowest BCUT2D eigenvalue weighted by Gasteiger charge is -2.18. The first kappa shape index (κ1) is 8.85. The zero-order valence-corrected chi connectivity index (χ0v) is 8.42. The van der Waals surface area contributed by atoms with Crippen LogP contribution < -0.4 is 5.32 Å². The Morgan fingerprint density at radius 2 is 2.54 bits per heavy atom. The maximum absolute atomic E-state index is 4.44. The smallest absolute Gasteiger partial charge is 0.194 e. The Bertz CT molecular complexity index is 200. The Morgan fingerprint density at radius 1 is 1.62 bits per heavy atom. The minimum atomic E-state index is 0.912. The lowest BCUT2D eigenvalue weighted by molar-refractivity contribution is 0.450. The number of hydrogen-bond acceptors (Lipinski definition) is 3. The Hall–Kier alpha value is -0.730. The highest BCUT2D eigenvalue weighted by Crippen LogP contribution is 2.20. The zero-order chi connectivity index (χ0) is 9.10. The maximum Gasteiger partial charge on any atom is 0.194 e. The van der Waals surface area contributed by atoms with E-state index in [0.29, 0.717) is 0 Å². The Balaban J connectivity index is 1.83. The van der Waals surface area contributed by atoms with Gasteiger partial charge in [-0.1, -0.05) is 13.3 Å². The molecule has 0 aromatic heterocycles. The predicted octanol–water partition coefficient (Wildman–Crippen LogP) is 1.07. The molecular weight excluding hydrogens is 162 g/mol. The number of guanidine groups is 1. The number of aliphatic imine (C=N–C) groups is 1. The molecule has 0 radical (unpaired) electrons. The number of likely N-dealkylation sites (tertiary alicyclic amines) is 1. The van der Waals surface area contributed by atoms with E-state index in [1.807, 2.05) is 0 Å². The normalized spacial score (nSPS) is 27.6. The monoisotopic (exact) mass is 181 g/mol. The van der Waals surface area contributed by atoms with Crippen LogP contribution in [0.2, 0.25) is 0 Å². The third-order valence-corrected chi connectivity index (χ3v) is 2.94. The quantitative estimate of drug-likeness (QED) is 0.690. The van der Waals surface area contributed by atoms with E-state index in [9.17, 15) is 0 Å². The highest BCUT2D eigenvalue weighted by Gasteiger charge is 2.25. The summed E-state index contributed by atoms with van der Waals surface area (Å²) < 4.78 is 0. The highest BCUT2D eigenvalue weighted by molar-refractivity contribution is 5.81. The van der Waals surface area contributed by atoms with Crippen molar-refractivity contribution in [3.63, 3.8) is 0 Å². The average molecular weight is 181 g/mol. The lowest BCUT2D eigenvalue weighted by atomic mass is 10.0. The third-order valence-electron chi connectivity index (χ3n) is 2.94. The standard InChI is InChI=1S/C10H19N3/c1-2-3-9-4-7-13(8-9)10-11-5-6-12-10/h9H,2-8H2,1H3,(H,11,12). The molecule has 0 aromatic rings. The predicted molar refractivity (Wildman–Crippen MR) is 54.9 cm³/mol. The van der Waals surface area contributed by atoms with Gasteiger partial charge in [-0.3, -0.25) is 4.99 Å². The van der Waals surface area contributed by atoms with Crippen LogP contribution in [0.5, 0.6) is 0 Å². The molecule has 1 unspecified atom stereocenters. The molecule has 0 bridgehead atoms. The van der Waals surface area contributed by atoms with Crippen molar-refractivity contribution in [1.29, 1.82) is 0 Å². The first-order chi connectivity index (χ1) is 6.40. The molecule has 2 rings (SSSR count). The molecular formula is C10H19N3. The van der Waals surface area contributed by atoms with Crippen LogP contribution >= 0.6 is 0 Å². The molecule has 1 atom stereocenters. The van der Waals surface area contributed by atoms with E-state index in [-0.39, 0.29) is 0 Å². The molecule has 3 nitrogen and oxygen atoms in total. The fourth-order valence-corrected chi connectivity index (χ4v) is 2.27. The summed E-state index contributed by atoms with van der Waals surface area (Å²) >= 11 is 0. The van der Waals surface area contributed by atoms with Gasteiger partial charge in [-0.05, 0) is 18.8 Å². The minimum Gasteiger partial charge on any atom is -0.354 e. The molecule has 2 heterocycles. The van der Waals surface area contributed by atoms with Crippen LogP contribution in [-0.2, 0) is 0 Å². The summed E-state index contributed by atoms with van der Waals surface area (Å²) in [4.78, 5) is 6.85. The van der Waals surface area contributed by atoms with Gasteiger partial charge in [-0.15, -0.1) is 0 Å². The van der Waals surface area contributed by atoms with Gasteiger partial charge in [-0.2, -0.15) is 0 Å². The fourth-order valence-electron chi connectivity index (χ4n) is 2.27. The molecule has 1 saturated heterocycles. The van der Waals surface area contributed by atoms with Crippen molar-refractivity contribution in [3.8, 4) is 0 Å². The van der Waals surface area contributed by atoms with Crippen LogP contribution in [0.1, 0.15) is 26.2 Å². The van der Waals surface area contributed by atoms with Gasteiger partial charge in [0.2, 0.25) is 0 Å². The zero-order valence-electron chi connectivity index (χ0n) is 8.42.